The molecule has 0 atom stereocenters. The summed E-state index contributed by atoms with van der Waals surface area (Å²) in [7, 11) is 0. The van der Waals surface area contributed by atoms with Crippen molar-refractivity contribution in [3.05, 3.63) is 41.4 Å². The Labute approximate surface area is 110 Å². The summed E-state index contributed by atoms with van der Waals surface area (Å²) >= 11 is 6.20. The average Bonchev–Trinajstić information content (AvgIpc) is 2.38. The van der Waals surface area contributed by atoms with Crippen LogP contribution in [-0.2, 0) is 0 Å². The zero-order valence-electron chi connectivity index (χ0n) is 9.65. The smallest absolute Gasteiger partial charge is 0.161 e. The molecule has 0 unspecified atom stereocenters. The molecule has 4 heteroatoms. The fraction of sp³-hybridized carbons (Fsp3) is 0.143. The van der Waals surface area contributed by atoms with Crippen LogP contribution in [0.1, 0.15) is 0 Å². The van der Waals surface area contributed by atoms with Crippen LogP contribution in [0.5, 0.6) is 11.5 Å². The molecule has 1 heterocycles. The van der Waals surface area contributed by atoms with Crippen LogP contribution < -0.4 is 15.2 Å². The molecular formula is C14H12ClNO2. The lowest BCUT2D eigenvalue weighted by molar-refractivity contribution is 0.171. The van der Waals surface area contributed by atoms with E-state index < -0.39 is 0 Å². The van der Waals surface area contributed by atoms with Gasteiger partial charge in [-0.1, -0.05) is 23.7 Å². The van der Waals surface area contributed by atoms with Crippen molar-refractivity contribution < 1.29 is 9.47 Å². The highest BCUT2D eigenvalue weighted by Crippen LogP contribution is 2.37. The molecule has 0 radical (unpaired) electrons. The Hall–Kier alpha value is -1.87. The number of hydrogen-bond donors (Lipinski definition) is 1. The predicted molar refractivity (Wildman–Crippen MR) is 72.3 cm³/mol. The molecule has 92 valence electrons. The van der Waals surface area contributed by atoms with E-state index in [0.29, 0.717) is 23.9 Å². The summed E-state index contributed by atoms with van der Waals surface area (Å²) in [6, 6.07) is 11.3. The van der Waals surface area contributed by atoms with E-state index in [-0.39, 0.29) is 0 Å². The van der Waals surface area contributed by atoms with Crippen molar-refractivity contribution >= 4 is 17.3 Å². The van der Waals surface area contributed by atoms with E-state index in [0.717, 1.165) is 22.6 Å². The van der Waals surface area contributed by atoms with Gasteiger partial charge in [0.2, 0.25) is 0 Å². The van der Waals surface area contributed by atoms with E-state index in [9.17, 15) is 0 Å². The lowest BCUT2D eigenvalue weighted by Gasteiger charge is -2.19. The van der Waals surface area contributed by atoms with Crippen molar-refractivity contribution in [1.29, 1.82) is 0 Å². The summed E-state index contributed by atoms with van der Waals surface area (Å²) in [6.45, 7) is 1.17. The third kappa shape index (κ3) is 1.97. The summed E-state index contributed by atoms with van der Waals surface area (Å²) in [5.74, 6) is 1.53. The average molecular weight is 262 g/mol. The first kappa shape index (κ1) is 11.2. The Bertz CT molecular complexity index is 598. The maximum Gasteiger partial charge on any atom is 0.161 e. The number of anilines is 1. The van der Waals surface area contributed by atoms with Crippen LogP contribution in [0.4, 0.5) is 5.69 Å². The molecule has 0 fully saturated rings. The number of nitrogen functional groups attached to an aromatic ring is 1. The minimum atomic E-state index is 0.575. The van der Waals surface area contributed by atoms with E-state index in [1.165, 1.54) is 0 Å². The van der Waals surface area contributed by atoms with Crippen LogP contribution in [-0.4, -0.2) is 13.2 Å². The van der Waals surface area contributed by atoms with Crippen LogP contribution in [0.3, 0.4) is 0 Å². The van der Waals surface area contributed by atoms with Crippen molar-refractivity contribution in [3.63, 3.8) is 0 Å². The second-order valence-electron chi connectivity index (χ2n) is 4.10. The highest BCUT2D eigenvalue weighted by Gasteiger charge is 2.13. The Morgan fingerprint density at radius 1 is 0.944 bits per heavy atom. The molecule has 0 aliphatic carbocycles. The number of nitrogens with two attached hydrogens (primary N) is 1. The number of benzene rings is 2. The highest BCUT2D eigenvalue weighted by molar-refractivity contribution is 6.33. The standard InChI is InChI=1S/C14H12ClNO2/c15-12-8-10(16)2-3-11(12)9-1-4-13-14(7-9)18-6-5-17-13/h1-4,7-8H,5-6,16H2. The summed E-state index contributed by atoms with van der Waals surface area (Å²) in [4.78, 5) is 0. The molecule has 18 heavy (non-hydrogen) atoms. The van der Waals surface area contributed by atoms with Crippen molar-refractivity contribution in [3.8, 4) is 22.6 Å². The van der Waals surface area contributed by atoms with Crippen LogP contribution in [0.25, 0.3) is 11.1 Å². The highest BCUT2D eigenvalue weighted by atomic mass is 35.5. The topological polar surface area (TPSA) is 44.5 Å². The molecule has 1 aliphatic heterocycles. The fourth-order valence-electron chi connectivity index (χ4n) is 1.98. The van der Waals surface area contributed by atoms with Gasteiger partial charge in [-0.25, -0.2) is 0 Å². The molecule has 2 N–H and O–H groups in total. The summed E-state index contributed by atoms with van der Waals surface area (Å²) in [5.41, 5.74) is 8.26. The van der Waals surface area contributed by atoms with Gasteiger partial charge in [-0.15, -0.1) is 0 Å². The van der Waals surface area contributed by atoms with Crippen LogP contribution in [0.15, 0.2) is 36.4 Å². The zero-order chi connectivity index (χ0) is 12.5. The molecule has 2 aromatic rings. The van der Waals surface area contributed by atoms with Gasteiger partial charge in [0.15, 0.2) is 11.5 Å². The third-order valence-electron chi connectivity index (χ3n) is 2.85. The number of rotatable bonds is 1. The van der Waals surface area contributed by atoms with E-state index in [2.05, 4.69) is 0 Å². The number of ether oxygens (including phenoxy) is 2. The van der Waals surface area contributed by atoms with Gasteiger partial charge in [-0.2, -0.15) is 0 Å². The quantitative estimate of drug-likeness (QED) is 0.801. The van der Waals surface area contributed by atoms with Gasteiger partial charge in [0.05, 0.1) is 5.02 Å². The van der Waals surface area contributed by atoms with Crippen molar-refractivity contribution in [2.75, 3.05) is 18.9 Å². The van der Waals surface area contributed by atoms with Gasteiger partial charge < -0.3 is 15.2 Å². The van der Waals surface area contributed by atoms with Gasteiger partial charge in [0.25, 0.3) is 0 Å². The van der Waals surface area contributed by atoms with E-state index in [4.69, 9.17) is 26.8 Å². The third-order valence-corrected chi connectivity index (χ3v) is 3.16. The Kier molecular flexibility index (Phi) is 2.76. The van der Waals surface area contributed by atoms with Crippen molar-refractivity contribution in [2.24, 2.45) is 0 Å². The van der Waals surface area contributed by atoms with Gasteiger partial charge >= 0.3 is 0 Å². The normalized spacial score (nSPS) is 13.4. The number of halogens is 1. The molecular weight excluding hydrogens is 250 g/mol. The predicted octanol–water partition coefficient (Wildman–Crippen LogP) is 3.36. The lowest BCUT2D eigenvalue weighted by Crippen LogP contribution is -2.15. The van der Waals surface area contributed by atoms with Crippen LogP contribution >= 0.6 is 11.6 Å². The molecule has 0 bridgehead atoms. The van der Waals surface area contributed by atoms with E-state index in [1.807, 2.05) is 30.3 Å². The van der Waals surface area contributed by atoms with Gasteiger partial charge in [0, 0.05) is 11.3 Å². The summed E-state index contributed by atoms with van der Waals surface area (Å²) < 4.78 is 11.0. The first-order valence-electron chi connectivity index (χ1n) is 5.69. The SMILES string of the molecule is Nc1ccc(-c2ccc3c(c2)OCCO3)c(Cl)c1. The molecule has 0 aromatic heterocycles. The molecule has 3 rings (SSSR count). The Balaban J connectivity index is 2.06. The summed E-state index contributed by atoms with van der Waals surface area (Å²) in [6.07, 6.45) is 0. The number of hydrogen-bond acceptors (Lipinski definition) is 3. The molecule has 0 saturated carbocycles. The molecule has 0 saturated heterocycles. The van der Waals surface area contributed by atoms with Crippen LogP contribution in [0, 0.1) is 0 Å². The second-order valence-corrected chi connectivity index (χ2v) is 4.50. The lowest BCUT2D eigenvalue weighted by atomic mass is 10.0. The van der Waals surface area contributed by atoms with Crippen molar-refractivity contribution in [2.45, 2.75) is 0 Å². The van der Waals surface area contributed by atoms with E-state index >= 15 is 0 Å². The maximum atomic E-state index is 6.20. The van der Waals surface area contributed by atoms with Gasteiger partial charge in [-0.3, -0.25) is 0 Å². The maximum absolute atomic E-state index is 6.20. The molecule has 0 spiro atoms. The van der Waals surface area contributed by atoms with Gasteiger partial charge in [0.1, 0.15) is 13.2 Å². The van der Waals surface area contributed by atoms with Gasteiger partial charge in [-0.05, 0) is 29.8 Å². The molecule has 3 nitrogen and oxygen atoms in total. The summed E-state index contributed by atoms with van der Waals surface area (Å²) in [5, 5.41) is 0.631. The first-order valence-corrected chi connectivity index (χ1v) is 6.07. The Morgan fingerprint density at radius 3 is 2.50 bits per heavy atom. The minimum absolute atomic E-state index is 0.575. The Morgan fingerprint density at radius 2 is 1.72 bits per heavy atom. The monoisotopic (exact) mass is 261 g/mol. The zero-order valence-corrected chi connectivity index (χ0v) is 10.4. The largest absolute Gasteiger partial charge is 0.486 e. The van der Waals surface area contributed by atoms with Crippen molar-refractivity contribution in [1.82, 2.24) is 0 Å². The number of fused-ring (bicyclic) bond motifs is 1. The molecule has 1 aliphatic rings. The minimum Gasteiger partial charge on any atom is -0.486 e. The van der Waals surface area contributed by atoms with Crippen LogP contribution in [0.2, 0.25) is 5.02 Å². The fourth-order valence-corrected chi connectivity index (χ4v) is 2.27. The first-order chi connectivity index (χ1) is 8.74. The second kappa shape index (κ2) is 4.42. The molecule has 2 aromatic carbocycles. The van der Waals surface area contributed by atoms with E-state index in [1.54, 1.807) is 6.07 Å². The molecule has 0 amide bonds.